The Bertz CT molecular complexity index is 2010. The molecule has 0 aliphatic carbocycles. The van der Waals surface area contributed by atoms with Crippen molar-refractivity contribution in [2.45, 2.75) is 47.5 Å². The number of rotatable bonds is 3. The van der Waals surface area contributed by atoms with Gasteiger partial charge in [-0.3, -0.25) is 0 Å². The zero-order valence-electron chi connectivity index (χ0n) is 28.0. The van der Waals surface area contributed by atoms with E-state index < -0.39 is 0 Å². The van der Waals surface area contributed by atoms with Gasteiger partial charge in [-0.05, 0) is 41.7 Å². The maximum absolute atomic E-state index is 3.06. The molecule has 0 saturated heterocycles. The Morgan fingerprint density at radius 2 is 1.20 bits per heavy atom. The molecule has 7 aromatic carbocycles. The molecule has 7 aromatic rings. The molecular formula is C43H44SiZr-4. The van der Waals surface area contributed by atoms with Gasteiger partial charge in [0.2, 0.25) is 0 Å². The second-order valence-electron chi connectivity index (χ2n) is 11.9. The average Bonchev–Trinajstić information content (AvgIpc) is 3.62. The fraction of sp³-hybridized carbons (Fsp3) is 0.163. The predicted octanol–water partition coefficient (Wildman–Crippen LogP) is 12.5. The standard InChI is InChI=1S/C21H17.C20H21.2CH3.Si.Zr/c1-14-12-20-15(2)10-11-19(21(20)13-14)18-9-5-7-16-6-3-4-8-17(16)18;1-13(2)17-11-16-6-5-7-19(20(16)12-17)18-9-14(3)8-15(4)10-18;;;;/h3-13H,1-2H3;5-13H,1-4H3;2*1H3;;/q4*-1;;. The van der Waals surface area contributed by atoms with Gasteiger partial charge in [0.05, 0.1) is 0 Å². The molecule has 0 spiro atoms. The molecule has 0 heterocycles. The summed E-state index contributed by atoms with van der Waals surface area (Å²) in [7, 11) is 0. The minimum atomic E-state index is 0. The van der Waals surface area contributed by atoms with Gasteiger partial charge >= 0.3 is 30.2 Å². The molecule has 0 aliphatic rings. The van der Waals surface area contributed by atoms with Crippen LogP contribution in [0.3, 0.4) is 0 Å². The van der Waals surface area contributed by atoms with E-state index in [0.717, 1.165) is 0 Å². The van der Waals surface area contributed by atoms with E-state index in [4.69, 9.17) is 0 Å². The molecule has 0 bridgehead atoms. The Balaban J connectivity index is 0.000000224. The summed E-state index contributed by atoms with van der Waals surface area (Å²) >= 11 is 1.36. The molecular weight excluding hydrogens is 636 g/mol. The van der Waals surface area contributed by atoms with Gasteiger partial charge in [-0.2, -0.15) is 12.1 Å². The van der Waals surface area contributed by atoms with Gasteiger partial charge in [0.15, 0.2) is 0 Å². The summed E-state index contributed by atoms with van der Waals surface area (Å²) in [6, 6.07) is 42.4. The quantitative estimate of drug-likeness (QED) is 0.129. The first-order chi connectivity index (χ1) is 20.8. The number of aryl methyl sites for hydroxylation is 4. The summed E-state index contributed by atoms with van der Waals surface area (Å²) in [6.45, 7) is 16.3. The third kappa shape index (κ3) is 7.74. The number of hydrogen-bond acceptors (Lipinski definition) is 0. The third-order valence-corrected chi connectivity index (χ3v) is 8.30. The second kappa shape index (κ2) is 15.8. The monoisotopic (exact) mass is 678 g/mol. The van der Waals surface area contributed by atoms with Crippen molar-refractivity contribution in [1.82, 2.24) is 0 Å². The number of benzene rings is 5. The van der Waals surface area contributed by atoms with E-state index in [9.17, 15) is 0 Å². The summed E-state index contributed by atoms with van der Waals surface area (Å²) in [5.74, 6) is 0.578. The SMILES string of the molecule is Cc1cc(C)cc(-c2cccc3[cH-]c(C(C)C)cc23)c1.Cc1cc2c(-c3cccc4ccccc34)ccc(C)c2[cH-]1.[CH3-].[CH3-].[Si]=[Zr]. The molecule has 0 aromatic heterocycles. The van der Waals surface area contributed by atoms with Gasteiger partial charge in [-0.25, -0.2) is 0 Å². The normalized spacial score (nSPS) is 10.4. The summed E-state index contributed by atoms with van der Waals surface area (Å²) in [6.07, 6.45) is 0. The van der Waals surface area contributed by atoms with Crippen molar-refractivity contribution < 1.29 is 23.3 Å². The molecule has 45 heavy (non-hydrogen) atoms. The van der Waals surface area contributed by atoms with E-state index in [1.807, 2.05) is 0 Å². The van der Waals surface area contributed by atoms with Crippen LogP contribution in [-0.4, -0.2) is 6.88 Å². The Morgan fingerprint density at radius 3 is 1.91 bits per heavy atom. The van der Waals surface area contributed by atoms with Crippen LogP contribution in [0.25, 0.3) is 54.6 Å². The van der Waals surface area contributed by atoms with Crippen LogP contribution in [-0.2, 0) is 23.3 Å². The van der Waals surface area contributed by atoms with Crippen LogP contribution in [0.1, 0.15) is 47.6 Å². The number of hydrogen-bond donors (Lipinski definition) is 0. The van der Waals surface area contributed by atoms with Gasteiger partial charge in [-0.15, -0.1) is 68.6 Å². The molecule has 0 atom stereocenters. The van der Waals surface area contributed by atoms with Gasteiger partial charge in [0.25, 0.3) is 0 Å². The summed E-state index contributed by atoms with van der Waals surface area (Å²) in [5, 5.41) is 8.09. The van der Waals surface area contributed by atoms with E-state index in [1.54, 1.807) is 0 Å². The van der Waals surface area contributed by atoms with Crippen molar-refractivity contribution in [3.05, 3.63) is 158 Å². The topological polar surface area (TPSA) is 0 Å². The van der Waals surface area contributed by atoms with Crippen LogP contribution in [0.15, 0.2) is 115 Å². The van der Waals surface area contributed by atoms with Crippen LogP contribution < -0.4 is 0 Å². The third-order valence-electron chi connectivity index (χ3n) is 8.30. The number of fused-ring (bicyclic) bond motifs is 3. The van der Waals surface area contributed by atoms with Crippen molar-refractivity contribution in [3.8, 4) is 22.3 Å². The maximum atomic E-state index is 3.06. The predicted molar refractivity (Wildman–Crippen MR) is 199 cm³/mol. The molecule has 0 unspecified atom stereocenters. The summed E-state index contributed by atoms with van der Waals surface area (Å²) in [5.41, 5.74) is 12.1. The fourth-order valence-electron chi connectivity index (χ4n) is 6.26. The van der Waals surface area contributed by atoms with Crippen LogP contribution in [0.5, 0.6) is 0 Å². The first-order valence-electron chi connectivity index (χ1n) is 15.0. The van der Waals surface area contributed by atoms with Crippen molar-refractivity contribution >= 4 is 39.2 Å². The summed E-state index contributed by atoms with van der Waals surface area (Å²) < 4.78 is 0. The Hall–Kier alpha value is -3.32. The Labute approximate surface area is 288 Å². The Kier molecular flexibility index (Phi) is 12.7. The molecule has 0 nitrogen and oxygen atoms in total. The summed E-state index contributed by atoms with van der Waals surface area (Å²) in [4.78, 5) is 0. The molecule has 0 N–H and O–H groups in total. The van der Waals surface area contributed by atoms with Crippen LogP contribution in [0, 0.1) is 42.5 Å². The van der Waals surface area contributed by atoms with Crippen molar-refractivity contribution in [3.63, 3.8) is 0 Å². The molecule has 0 amide bonds. The molecule has 0 fully saturated rings. The van der Waals surface area contributed by atoms with E-state index in [0.29, 0.717) is 5.92 Å². The van der Waals surface area contributed by atoms with Crippen molar-refractivity contribution in [2.75, 3.05) is 0 Å². The van der Waals surface area contributed by atoms with Gasteiger partial charge in [-0.1, -0.05) is 123 Å². The molecule has 0 saturated carbocycles. The van der Waals surface area contributed by atoms with Gasteiger partial charge in [0, 0.05) is 0 Å². The van der Waals surface area contributed by atoms with Crippen LogP contribution in [0.4, 0.5) is 0 Å². The van der Waals surface area contributed by atoms with E-state index in [2.05, 4.69) is 164 Å². The van der Waals surface area contributed by atoms with Crippen molar-refractivity contribution in [2.24, 2.45) is 0 Å². The van der Waals surface area contributed by atoms with E-state index in [-0.39, 0.29) is 14.9 Å². The molecule has 7 rings (SSSR count). The van der Waals surface area contributed by atoms with Gasteiger partial charge in [0.1, 0.15) is 0 Å². The fourth-order valence-corrected chi connectivity index (χ4v) is 6.26. The van der Waals surface area contributed by atoms with E-state index in [1.165, 1.54) is 106 Å². The average molecular weight is 680 g/mol. The first kappa shape index (κ1) is 36.2. The van der Waals surface area contributed by atoms with Gasteiger partial charge < -0.3 is 14.9 Å². The zero-order chi connectivity index (χ0) is 30.7. The molecule has 2 heteroatoms. The van der Waals surface area contributed by atoms with Crippen LogP contribution in [0.2, 0.25) is 0 Å². The zero-order valence-corrected chi connectivity index (χ0v) is 31.5. The second-order valence-corrected chi connectivity index (χ2v) is 11.9. The Morgan fingerprint density at radius 1 is 0.578 bits per heavy atom. The minimum absolute atomic E-state index is 0. The molecule has 0 aliphatic heterocycles. The molecule has 2 radical (unpaired) electrons. The molecule has 228 valence electrons. The van der Waals surface area contributed by atoms with Crippen LogP contribution >= 0.6 is 0 Å². The first-order valence-corrected chi connectivity index (χ1v) is 19.1. The van der Waals surface area contributed by atoms with Crippen molar-refractivity contribution in [1.29, 1.82) is 0 Å². The van der Waals surface area contributed by atoms with E-state index >= 15 is 0 Å².